The molecule has 0 aliphatic heterocycles. The van der Waals surface area contributed by atoms with E-state index >= 15 is 0 Å². The zero-order valence-corrected chi connectivity index (χ0v) is 24.7. The van der Waals surface area contributed by atoms with Crippen LogP contribution in [0.4, 0.5) is 0 Å². The molecule has 206 valence electrons. The number of nitrogens with zero attached hydrogens (tertiary/aromatic N) is 4. The van der Waals surface area contributed by atoms with Crippen LogP contribution in [0.5, 0.6) is 0 Å². The first-order valence-electron chi connectivity index (χ1n) is 14.2. The fourth-order valence-corrected chi connectivity index (χ4v) is 3.39. The predicted octanol–water partition coefficient (Wildman–Crippen LogP) is 3.86. The van der Waals surface area contributed by atoms with Gasteiger partial charge in [-0.25, -0.2) is 0 Å². The van der Waals surface area contributed by atoms with Crippen molar-refractivity contribution in [3.63, 3.8) is 0 Å². The van der Waals surface area contributed by atoms with Crippen molar-refractivity contribution in [3.8, 4) is 0 Å². The fraction of sp³-hybridized carbons (Fsp3) is 0.929. The summed E-state index contributed by atoms with van der Waals surface area (Å²) in [7, 11) is 8.85. The fourth-order valence-electron chi connectivity index (χ4n) is 3.39. The SMILES string of the molecule is CCN(C)CCCCN(C)C/C=C/CN(C)CCCCN(C)CC.CCNCCCCNCC. The molecule has 2 N–H and O–H groups in total. The van der Waals surface area contributed by atoms with E-state index in [2.05, 4.69) is 98.3 Å². The molecule has 0 atom stereocenters. The molecule has 0 rings (SSSR count). The van der Waals surface area contributed by atoms with Crippen molar-refractivity contribution in [1.29, 1.82) is 0 Å². The van der Waals surface area contributed by atoms with E-state index in [1.807, 2.05) is 0 Å². The monoisotopic (exact) mass is 485 g/mol. The van der Waals surface area contributed by atoms with Crippen molar-refractivity contribution in [3.05, 3.63) is 12.2 Å². The van der Waals surface area contributed by atoms with E-state index in [0.717, 1.165) is 39.3 Å². The average Bonchev–Trinajstić information content (AvgIpc) is 2.84. The summed E-state index contributed by atoms with van der Waals surface area (Å²) in [6.07, 6.45) is 12.4. The summed E-state index contributed by atoms with van der Waals surface area (Å²) < 4.78 is 0. The lowest BCUT2D eigenvalue weighted by Crippen LogP contribution is -2.24. The Balaban J connectivity index is 0. The molecule has 0 aromatic heterocycles. The van der Waals surface area contributed by atoms with Crippen LogP contribution in [0.2, 0.25) is 0 Å². The van der Waals surface area contributed by atoms with Gasteiger partial charge in [-0.15, -0.1) is 0 Å². The van der Waals surface area contributed by atoms with Gasteiger partial charge in [0.05, 0.1) is 0 Å². The van der Waals surface area contributed by atoms with Crippen LogP contribution in [-0.2, 0) is 0 Å². The average molecular weight is 485 g/mol. The van der Waals surface area contributed by atoms with Crippen molar-refractivity contribution in [1.82, 2.24) is 30.2 Å². The lowest BCUT2D eigenvalue weighted by Gasteiger charge is -2.18. The lowest BCUT2D eigenvalue weighted by molar-refractivity contribution is 0.311. The zero-order chi connectivity index (χ0) is 25.9. The number of nitrogens with one attached hydrogen (secondary N) is 2. The van der Waals surface area contributed by atoms with Crippen molar-refractivity contribution in [2.45, 2.75) is 66.2 Å². The Bertz CT molecular complexity index is 368. The molecular weight excluding hydrogens is 420 g/mol. The molecule has 0 aromatic rings. The third kappa shape index (κ3) is 29.5. The Morgan fingerprint density at radius 3 is 1.09 bits per heavy atom. The molecule has 0 aliphatic carbocycles. The minimum atomic E-state index is 1.07. The van der Waals surface area contributed by atoms with Crippen LogP contribution in [0.25, 0.3) is 0 Å². The van der Waals surface area contributed by atoms with Gasteiger partial charge in [0.2, 0.25) is 0 Å². The van der Waals surface area contributed by atoms with Gasteiger partial charge >= 0.3 is 0 Å². The minimum absolute atomic E-state index is 1.07. The maximum Gasteiger partial charge on any atom is 0.0160 e. The second-order valence-electron chi connectivity index (χ2n) is 9.62. The highest BCUT2D eigenvalue weighted by molar-refractivity contribution is 4.86. The van der Waals surface area contributed by atoms with E-state index in [0.29, 0.717) is 0 Å². The van der Waals surface area contributed by atoms with Crippen molar-refractivity contribution in [2.75, 3.05) is 107 Å². The summed E-state index contributed by atoms with van der Waals surface area (Å²) in [5, 5.41) is 6.59. The molecule has 0 radical (unpaired) electrons. The predicted molar refractivity (Wildman–Crippen MR) is 155 cm³/mol. The minimum Gasteiger partial charge on any atom is -0.317 e. The second kappa shape index (κ2) is 28.7. The van der Waals surface area contributed by atoms with Crippen molar-refractivity contribution >= 4 is 0 Å². The Kier molecular flexibility index (Phi) is 30.1. The summed E-state index contributed by atoms with van der Waals surface area (Å²) in [5.41, 5.74) is 0. The normalized spacial score (nSPS) is 11.9. The largest absolute Gasteiger partial charge is 0.317 e. The van der Waals surface area contributed by atoms with Crippen LogP contribution in [0.15, 0.2) is 12.2 Å². The molecule has 0 unspecified atom stereocenters. The molecule has 34 heavy (non-hydrogen) atoms. The summed E-state index contributed by atoms with van der Waals surface area (Å²) in [4.78, 5) is 9.61. The van der Waals surface area contributed by atoms with E-state index < -0.39 is 0 Å². The van der Waals surface area contributed by atoms with E-state index in [9.17, 15) is 0 Å². The van der Waals surface area contributed by atoms with Gasteiger partial charge < -0.3 is 30.2 Å². The highest BCUT2D eigenvalue weighted by Crippen LogP contribution is 1.97. The van der Waals surface area contributed by atoms with Gasteiger partial charge in [0.25, 0.3) is 0 Å². The quantitative estimate of drug-likeness (QED) is 0.169. The lowest BCUT2D eigenvalue weighted by atomic mass is 10.2. The summed E-state index contributed by atoms with van der Waals surface area (Å²) in [6.45, 7) is 22.5. The van der Waals surface area contributed by atoms with Gasteiger partial charge in [-0.05, 0) is 132 Å². The van der Waals surface area contributed by atoms with Gasteiger partial charge in [-0.2, -0.15) is 0 Å². The van der Waals surface area contributed by atoms with Gasteiger partial charge in [0, 0.05) is 13.1 Å². The number of likely N-dealkylation sites (N-methyl/N-ethyl adjacent to an activating group) is 2. The molecule has 0 spiro atoms. The number of rotatable bonds is 23. The Morgan fingerprint density at radius 1 is 0.471 bits per heavy atom. The highest BCUT2D eigenvalue weighted by Gasteiger charge is 1.99. The van der Waals surface area contributed by atoms with Crippen molar-refractivity contribution in [2.24, 2.45) is 0 Å². The van der Waals surface area contributed by atoms with E-state index in [1.165, 1.54) is 77.8 Å². The van der Waals surface area contributed by atoms with Gasteiger partial charge in [0.15, 0.2) is 0 Å². The number of unbranched alkanes of at least 4 members (excludes halogenated alkanes) is 3. The smallest absolute Gasteiger partial charge is 0.0160 e. The zero-order valence-electron chi connectivity index (χ0n) is 24.7. The molecule has 6 heteroatoms. The molecule has 0 heterocycles. The van der Waals surface area contributed by atoms with Gasteiger partial charge in [-0.1, -0.05) is 39.8 Å². The second-order valence-corrected chi connectivity index (χ2v) is 9.62. The van der Waals surface area contributed by atoms with E-state index in [4.69, 9.17) is 0 Å². The van der Waals surface area contributed by atoms with E-state index in [-0.39, 0.29) is 0 Å². The Labute approximate surface area is 215 Å². The summed E-state index contributed by atoms with van der Waals surface area (Å²) in [6, 6.07) is 0. The molecule has 0 saturated carbocycles. The maximum atomic E-state index is 3.30. The van der Waals surface area contributed by atoms with Crippen LogP contribution < -0.4 is 10.6 Å². The molecule has 0 saturated heterocycles. The van der Waals surface area contributed by atoms with Crippen LogP contribution in [-0.4, -0.2) is 126 Å². The van der Waals surface area contributed by atoms with Crippen LogP contribution in [0.3, 0.4) is 0 Å². The standard InChI is InChI=1S/C20H44N4.C8H20N2/c1-7-21(3)15-9-11-17-23(5)19-13-14-20-24(6)18-12-10-16-22(4)8-2;1-3-9-7-5-6-8-10-4-2/h13-14H,7-12,15-20H2,1-6H3;9-10H,3-8H2,1-2H3/b14-13+;. The topological polar surface area (TPSA) is 37.0 Å². The molecule has 6 nitrogen and oxygen atoms in total. The first-order valence-corrected chi connectivity index (χ1v) is 14.2. The molecule has 0 fully saturated rings. The third-order valence-electron chi connectivity index (χ3n) is 6.20. The first kappa shape index (κ1) is 35.7. The molecular formula is C28H64N6. The summed E-state index contributed by atoms with van der Waals surface area (Å²) in [5.74, 6) is 0. The number of hydrogen-bond donors (Lipinski definition) is 2. The Morgan fingerprint density at radius 2 is 0.794 bits per heavy atom. The van der Waals surface area contributed by atoms with Crippen LogP contribution in [0.1, 0.15) is 66.2 Å². The van der Waals surface area contributed by atoms with Gasteiger partial charge in [-0.3, -0.25) is 0 Å². The summed E-state index contributed by atoms with van der Waals surface area (Å²) >= 11 is 0. The molecule has 0 aromatic carbocycles. The van der Waals surface area contributed by atoms with Crippen LogP contribution >= 0.6 is 0 Å². The van der Waals surface area contributed by atoms with Crippen molar-refractivity contribution < 1.29 is 0 Å². The molecule has 0 amide bonds. The maximum absolute atomic E-state index is 3.30. The Hall–Kier alpha value is -0.500. The highest BCUT2D eigenvalue weighted by atomic mass is 15.1. The molecule has 0 aliphatic rings. The van der Waals surface area contributed by atoms with Gasteiger partial charge in [0.1, 0.15) is 0 Å². The van der Waals surface area contributed by atoms with E-state index in [1.54, 1.807) is 0 Å². The van der Waals surface area contributed by atoms with Crippen LogP contribution in [0, 0.1) is 0 Å². The third-order valence-corrected chi connectivity index (χ3v) is 6.20. The first-order chi connectivity index (χ1) is 16.4. The molecule has 0 bridgehead atoms. The number of hydrogen-bond acceptors (Lipinski definition) is 6.